The molecular weight excluding hydrogens is 368 g/mol. The Balaban J connectivity index is 2.25. The Morgan fingerprint density at radius 2 is 1.43 bits per heavy atom. The quantitative estimate of drug-likeness (QED) is 0.192. The molecule has 2 aromatic carbocycles. The normalized spacial score (nSPS) is 19.7. The lowest BCUT2D eigenvalue weighted by atomic mass is 9.79. The molecule has 0 spiro atoms. The fourth-order valence-corrected chi connectivity index (χ4v) is 2.80. The van der Waals surface area contributed by atoms with E-state index in [4.69, 9.17) is 0 Å². The molecule has 1 aliphatic carbocycles. The molecule has 8 heteroatoms. The molecule has 0 saturated carbocycles. The zero-order valence-corrected chi connectivity index (χ0v) is 14.3. The number of ketones is 2. The number of aromatic hydroxyl groups is 1. The molecule has 0 unspecified atom stereocenters. The number of aliphatic hydroxyl groups excluding tert-OH is 1. The number of hydrogen-bond donors (Lipinski definition) is 6. The Bertz CT molecular complexity index is 1020. The second kappa shape index (κ2) is 6.70. The SMILES string of the molecule is O=C(C1=CC(=C(O)c2cccc(O)c2)C(=O)C(O)(O)C1(O)O)c1ccccc1. The monoisotopic (exact) mass is 384 g/mol. The zero-order chi connectivity index (χ0) is 20.7. The number of hydrogen-bond acceptors (Lipinski definition) is 8. The van der Waals surface area contributed by atoms with Crippen molar-refractivity contribution in [2.45, 2.75) is 11.6 Å². The predicted octanol–water partition coefficient (Wildman–Crippen LogP) is 0.415. The lowest BCUT2D eigenvalue weighted by Crippen LogP contribution is -2.64. The largest absolute Gasteiger partial charge is 0.508 e. The number of rotatable bonds is 3. The van der Waals surface area contributed by atoms with Gasteiger partial charge in [0, 0.05) is 11.1 Å². The summed E-state index contributed by atoms with van der Waals surface area (Å²) >= 11 is 0. The molecule has 0 radical (unpaired) electrons. The first-order valence-corrected chi connectivity index (χ1v) is 8.06. The van der Waals surface area contributed by atoms with E-state index >= 15 is 0 Å². The fraction of sp³-hybridized carbons (Fsp3) is 0.100. The summed E-state index contributed by atoms with van der Waals surface area (Å²) < 4.78 is 0. The van der Waals surface area contributed by atoms with Crippen LogP contribution in [0.2, 0.25) is 0 Å². The Hall–Kier alpha value is -3.30. The molecule has 0 heterocycles. The minimum atomic E-state index is -3.80. The summed E-state index contributed by atoms with van der Waals surface area (Å²) in [5.41, 5.74) is -1.74. The Morgan fingerprint density at radius 1 is 0.821 bits per heavy atom. The number of aliphatic hydroxyl groups is 5. The van der Waals surface area contributed by atoms with Gasteiger partial charge in [-0.15, -0.1) is 0 Å². The molecule has 6 N–H and O–H groups in total. The predicted molar refractivity (Wildman–Crippen MR) is 95.9 cm³/mol. The Kier molecular flexibility index (Phi) is 4.66. The van der Waals surface area contributed by atoms with Gasteiger partial charge >= 0.3 is 0 Å². The van der Waals surface area contributed by atoms with Gasteiger partial charge in [-0.05, 0) is 18.2 Å². The van der Waals surface area contributed by atoms with Crippen LogP contribution in [0, 0.1) is 0 Å². The van der Waals surface area contributed by atoms with Gasteiger partial charge in [0.15, 0.2) is 5.78 Å². The van der Waals surface area contributed by atoms with Crippen molar-refractivity contribution in [3.05, 3.63) is 82.9 Å². The van der Waals surface area contributed by atoms with Crippen molar-refractivity contribution in [2.75, 3.05) is 0 Å². The summed E-state index contributed by atoms with van der Waals surface area (Å²) in [5, 5.41) is 60.5. The summed E-state index contributed by atoms with van der Waals surface area (Å²) in [6.45, 7) is 0. The first-order valence-electron chi connectivity index (χ1n) is 8.06. The van der Waals surface area contributed by atoms with Crippen molar-refractivity contribution in [3.8, 4) is 5.75 Å². The van der Waals surface area contributed by atoms with Crippen LogP contribution in [-0.2, 0) is 4.79 Å². The molecule has 1 aliphatic rings. The van der Waals surface area contributed by atoms with Crippen LogP contribution in [-0.4, -0.2) is 53.8 Å². The molecule has 0 fully saturated rings. The Labute approximate surface area is 158 Å². The van der Waals surface area contributed by atoms with Crippen LogP contribution in [0.15, 0.2) is 71.8 Å². The van der Waals surface area contributed by atoms with E-state index in [2.05, 4.69) is 0 Å². The molecule has 0 aromatic heterocycles. The van der Waals surface area contributed by atoms with Crippen LogP contribution < -0.4 is 0 Å². The first-order chi connectivity index (χ1) is 13.1. The highest BCUT2D eigenvalue weighted by atomic mass is 16.6. The third-order valence-corrected chi connectivity index (χ3v) is 4.37. The maximum Gasteiger partial charge on any atom is 0.289 e. The van der Waals surface area contributed by atoms with E-state index < -0.39 is 40.0 Å². The average molecular weight is 384 g/mol. The maximum atomic E-state index is 12.7. The lowest BCUT2D eigenvalue weighted by Gasteiger charge is -2.38. The van der Waals surface area contributed by atoms with Gasteiger partial charge in [-0.2, -0.15) is 0 Å². The van der Waals surface area contributed by atoms with Crippen molar-refractivity contribution >= 4 is 17.3 Å². The molecule has 2 aromatic rings. The van der Waals surface area contributed by atoms with Gasteiger partial charge in [0.05, 0.1) is 11.1 Å². The smallest absolute Gasteiger partial charge is 0.289 e. The summed E-state index contributed by atoms with van der Waals surface area (Å²) in [5.74, 6) is -11.1. The summed E-state index contributed by atoms with van der Waals surface area (Å²) in [7, 11) is 0. The van der Waals surface area contributed by atoms with Crippen LogP contribution in [0.4, 0.5) is 0 Å². The standard InChI is InChI=1S/C20H16O8/c21-13-8-4-7-12(9-13)16(22)14-10-15(17(23)11-5-2-1-3-6-11)19(25,26)20(27,28)18(14)24/h1-10,21-22,25-28H. The number of phenolic OH excluding ortho intramolecular Hbond substituents is 1. The number of benzene rings is 2. The maximum absolute atomic E-state index is 12.7. The van der Waals surface area contributed by atoms with Gasteiger partial charge in [-0.1, -0.05) is 42.5 Å². The molecule has 0 atom stereocenters. The second-order valence-electron chi connectivity index (χ2n) is 6.24. The molecule has 144 valence electrons. The molecule has 0 bridgehead atoms. The van der Waals surface area contributed by atoms with Crippen molar-refractivity contribution in [3.63, 3.8) is 0 Å². The topological polar surface area (TPSA) is 156 Å². The van der Waals surface area contributed by atoms with Gasteiger partial charge < -0.3 is 30.6 Å². The van der Waals surface area contributed by atoms with Gasteiger partial charge in [0.2, 0.25) is 5.78 Å². The number of carbonyl (C=O) groups excluding carboxylic acids is 2. The number of phenols is 1. The van der Waals surface area contributed by atoms with E-state index in [-0.39, 0.29) is 16.9 Å². The minimum absolute atomic E-state index is 0.0115. The van der Waals surface area contributed by atoms with E-state index in [1.54, 1.807) is 6.07 Å². The zero-order valence-electron chi connectivity index (χ0n) is 14.3. The third kappa shape index (κ3) is 3.00. The van der Waals surface area contributed by atoms with Crippen LogP contribution in [0.3, 0.4) is 0 Å². The highest BCUT2D eigenvalue weighted by molar-refractivity contribution is 6.17. The van der Waals surface area contributed by atoms with E-state index in [0.29, 0.717) is 6.08 Å². The van der Waals surface area contributed by atoms with Gasteiger partial charge in [0.25, 0.3) is 11.6 Å². The minimum Gasteiger partial charge on any atom is -0.508 e. The van der Waals surface area contributed by atoms with Crippen LogP contribution in [0.1, 0.15) is 15.9 Å². The number of Topliss-reactive ketones (excluding diaryl/α,β-unsaturated/α-hetero) is 2. The molecule has 3 rings (SSSR count). The molecule has 28 heavy (non-hydrogen) atoms. The third-order valence-electron chi connectivity index (χ3n) is 4.37. The molecular formula is C20H16O8. The second-order valence-corrected chi connectivity index (χ2v) is 6.24. The summed E-state index contributed by atoms with van der Waals surface area (Å²) in [6, 6.07) is 12.4. The molecule has 0 saturated heterocycles. The Morgan fingerprint density at radius 3 is 2.04 bits per heavy atom. The van der Waals surface area contributed by atoms with Crippen LogP contribution in [0.25, 0.3) is 5.76 Å². The summed E-state index contributed by atoms with van der Waals surface area (Å²) in [6.07, 6.45) is 0.682. The van der Waals surface area contributed by atoms with E-state index in [1.807, 2.05) is 0 Å². The van der Waals surface area contributed by atoms with Crippen LogP contribution >= 0.6 is 0 Å². The number of allylic oxidation sites excluding steroid dienone is 1. The van der Waals surface area contributed by atoms with Gasteiger partial charge in [-0.25, -0.2) is 0 Å². The molecule has 0 aliphatic heterocycles. The lowest BCUT2D eigenvalue weighted by molar-refractivity contribution is -0.316. The molecule has 0 amide bonds. The number of carbonyl (C=O) groups is 2. The van der Waals surface area contributed by atoms with Crippen LogP contribution in [0.5, 0.6) is 5.75 Å². The van der Waals surface area contributed by atoms with Crippen molar-refractivity contribution in [1.29, 1.82) is 0 Å². The van der Waals surface area contributed by atoms with Crippen molar-refractivity contribution < 1.29 is 40.2 Å². The molecule has 8 nitrogen and oxygen atoms in total. The van der Waals surface area contributed by atoms with Gasteiger partial charge in [0.1, 0.15) is 11.5 Å². The first kappa shape index (κ1) is 19.5. The van der Waals surface area contributed by atoms with E-state index in [9.17, 15) is 40.2 Å². The van der Waals surface area contributed by atoms with E-state index in [1.165, 1.54) is 42.5 Å². The highest BCUT2D eigenvalue weighted by Crippen LogP contribution is 2.38. The van der Waals surface area contributed by atoms with Crippen molar-refractivity contribution in [2.24, 2.45) is 0 Å². The summed E-state index contributed by atoms with van der Waals surface area (Å²) in [4.78, 5) is 25.1. The fourth-order valence-electron chi connectivity index (χ4n) is 2.80. The van der Waals surface area contributed by atoms with E-state index in [0.717, 1.165) is 6.07 Å². The average Bonchev–Trinajstić information content (AvgIpc) is 2.67. The van der Waals surface area contributed by atoms with Gasteiger partial charge in [-0.3, -0.25) is 9.59 Å². The van der Waals surface area contributed by atoms with Crippen molar-refractivity contribution in [1.82, 2.24) is 0 Å². The highest BCUT2D eigenvalue weighted by Gasteiger charge is 2.61.